The van der Waals surface area contributed by atoms with Gasteiger partial charge in [-0.15, -0.1) is 20.4 Å². The van der Waals surface area contributed by atoms with Crippen molar-refractivity contribution < 1.29 is 38.8 Å². The Hall–Kier alpha value is -3.27. The Balaban J connectivity index is 1.21. The van der Waals surface area contributed by atoms with Crippen LogP contribution < -0.4 is 5.32 Å². The number of aliphatic hydroxyl groups excluding tert-OH is 2. The van der Waals surface area contributed by atoms with Gasteiger partial charge in [0.05, 0.1) is 31.2 Å². The Morgan fingerprint density at radius 1 is 1.11 bits per heavy atom. The number of aliphatic hydroxyl groups is 2. The van der Waals surface area contributed by atoms with Gasteiger partial charge in [0.1, 0.15) is 30.7 Å². The van der Waals surface area contributed by atoms with Gasteiger partial charge in [-0.2, -0.15) is 25.5 Å². The number of hydrogen-bond donors (Lipinski definition) is 7. The summed E-state index contributed by atoms with van der Waals surface area (Å²) in [6.45, 7) is -1.52. The van der Waals surface area contributed by atoms with Crippen LogP contribution in [-0.4, -0.2) is 124 Å². The van der Waals surface area contributed by atoms with Crippen LogP contribution >= 0.6 is 19.2 Å². The number of nitrogens with zero attached hydrogens (tertiary/aromatic N) is 10. The van der Waals surface area contributed by atoms with Crippen molar-refractivity contribution in [3.63, 3.8) is 0 Å². The summed E-state index contributed by atoms with van der Waals surface area (Å²) in [5.41, 5.74) is 0.250. The van der Waals surface area contributed by atoms with E-state index in [0.29, 0.717) is 11.2 Å². The standard InChI is InChI=1S/C21H29ClN13O8P/c22-20-25-17(24-10-3-1-2-4-10)11-6-23-35(18(11)26-20)19-16(37)15(36)12(43-19)7-42-21(44(38,39)40,5-13-27-31-32-28-13)9-41-8-14-29-33-34-30-14/h6,10,12,15-16,19,36-37H,1-5,7-9H2,(H,24,25,26)(H2,38,39,40)(H,27,28,31,32)(H,29,30,33,34)/t12-,15-,16-,19-,21?/m1/s1. The van der Waals surface area contributed by atoms with Crippen LogP contribution in [0.4, 0.5) is 5.82 Å². The SMILES string of the molecule is O=P(O)(O)C(COCc1nn[nH]n1)(Cc1nn[nH]n1)OC[C@H]1O[C@@H](n2ncc3c(NC4CCCC4)nc(Cl)nc32)[C@H](O)[C@@H]1O. The predicted octanol–water partition coefficient (Wildman–Crippen LogP) is -1.17. The molecule has 2 aliphatic rings. The maximum Gasteiger partial charge on any atom is 0.359 e. The van der Waals surface area contributed by atoms with Crippen LogP contribution in [0, 0.1) is 0 Å². The van der Waals surface area contributed by atoms with E-state index < -0.39 is 57.1 Å². The quantitative estimate of drug-likeness (QED) is 0.0658. The minimum absolute atomic E-state index is 0.0543. The van der Waals surface area contributed by atoms with E-state index in [4.69, 9.17) is 25.8 Å². The van der Waals surface area contributed by atoms with Crippen molar-refractivity contribution in [3.8, 4) is 0 Å². The third-order valence-corrected chi connectivity index (χ3v) is 9.17. The highest BCUT2D eigenvalue weighted by Crippen LogP contribution is 2.53. The Labute approximate surface area is 252 Å². The fourth-order valence-electron chi connectivity index (χ4n) is 5.23. The number of ether oxygens (including phenoxy) is 3. The van der Waals surface area contributed by atoms with Gasteiger partial charge in [0.25, 0.3) is 0 Å². The summed E-state index contributed by atoms with van der Waals surface area (Å²) in [7, 11) is -5.16. The van der Waals surface area contributed by atoms with Crippen LogP contribution in [0.2, 0.25) is 5.28 Å². The number of nitrogens with one attached hydrogen (secondary N) is 3. The highest BCUT2D eigenvalue weighted by Gasteiger charge is 2.52. The zero-order valence-electron chi connectivity index (χ0n) is 22.8. The van der Waals surface area contributed by atoms with Crippen LogP contribution in [0.25, 0.3) is 11.0 Å². The molecule has 23 heteroatoms. The zero-order chi connectivity index (χ0) is 30.9. The second-order valence-electron chi connectivity index (χ2n) is 10.5. The summed E-state index contributed by atoms with van der Waals surface area (Å²) in [5, 5.41) is 54.0. The van der Waals surface area contributed by atoms with Crippen LogP contribution in [-0.2, 0) is 31.8 Å². The van der Waals surface area contributed by atoms with Crippen molar-refractivity contribution in [1.29, 1.82) is 0 Å². The fourth-order valence-corrected chi connectivity index (χ4v) is 6.24. The molecule has 0 bridgehead atoms. The number of anilines is 1. The first-order chi connectivity index (χ1) is 21.1. The molecule has 1 saturated carbocycles. The number of halogens is 1. The van der Waals surface area contributed by atoms with Gasteiger partial charge in [0.2, 0.25) is 5.28 Å². The molecule has 21 nitrogen and oxygen atoms in total. The van der Waals surface area contributed by atoms with E-state index >= 15 is 0 Å². The monoisotopic (exact) mass is 657 g/mol. The molecule has 5 atom stereocenters. The zero-order valence-corrected chi connectivity index (χ0v) is 24.5. The number of aromatic amines is 2. The van der Waals surface area contributed by atoms with Gasteiger partial charge in [-0.3, -0.25) is 4.57 Å². The largest absolute Gasteiger partial charge is 0.387 e. The van der Waals surface area contributed by atoms with Crippen LogP contribution in [0.3, 0.4) is 0 Å². The van der Waals surface area contributed by atoms with Gasteiger partial charge in [-0.05, 0) is 24.4 Å². The average molecular weight is 658 g/mol. The Morgan fingerprint density at radius 2 is 1.84 bits per heavy atom. The molecule has 2 fully saturated rings. The van der Waals surface area contributed by atoms with Gasteiger partial charge in [0, 0.05) is 6.04 Å². The fraction of sp³-hybridized carbons (Fsp3) is 0.667. The normalized spacial score (nSPS) is 24.3. The van der Waals surface area contributed by atoms with Gasteiger partial charge < -0.3 is 39.5 Å². The molecule has 7 N–H and O–H groups in total. The maximum absolute atomic E-state index is 12.9. The number of tetrazole rings is 2. The number of hydrogen-bond acceptors (Lipinski definition) is 16. The Bertz CT molecular complexity index is 1580. The minimum Gasteiger partial charge on any atom is -0.387 e. The van der Waals surface area contributed by atoms with E-state index in [1.54, 1.807) is 0 Å². The van der Waals surface area contributed by atoms with Crippen molar-refractivity contribution in [1.82, 2.24) is 61.0 Å². The molecule has 6 rings (SSSR count). The summed E-state index contributed by atoms with van der Waals surface area (Å²) in [6.07, 6.45) is -0.451. The molecule has 1 unspecified atom stereocenters. The Morgan fingerprint density at radius 3 is 2.52 bits per heavy atom. The molecule has 44 heavy (non-hydrogen) atoms. The second-order valence-corrected chi connectivity index (χ2v) is 12.7. The molecule has 5 heterocycles. The van der Waals surface area contributed by atoms with Crippen LogP contribution in [0.5, 0.6) is 0 Å². The summed E-state index contributed by atoms with van der Waals surface area (Å²) in [4.78, 5) is 29.4. The summed E-state index contributed by atoms with van der Waals surface area (Å²) >= 11 is 6.22. The smallest absolute Gasteiger partial charge is 0.359 e. The third-order valence-electron chi connectivity index (χ3n) is 7.52. The average Bonchev–Trinajstić information content (AvgIpc) is 3.81. The van der Waals surface area contributed by atoms with Gasteiger partial charge >= 0.3 is 7.60 Å². The van der Waals surface area contributed by atoms with Gasteiger partial charge in [0.15, 0.2) is 28.9 Å². The van der Waals surface area contributed by atoms with Gasteiger partial charge in [-0.1, -0.05) is 23.3 Å². The van der Waals surface area contributed by atoms with Crippen molar-refractivity contribution in [2.45, 2.75) is 74.6 Å². The van der Waals surface area contributed by atoms with E-state index in [9.17, 15) is 24.6 Å². The first kappa shape index (κ1) is 30.7. The number of H-pyrrole nitrogens is 2. The summed E-state index contributed by atoms with van der Waals surface area (Å²) in [5.74, 6) is 0.533. The van der Waals surface area contributed by atoms with E-state index in [1.165, 1.54) is 10.9 Å². The third kappa shape index (κ3) is 6.28. The summed E-state index contributed by atoms with van der Waals surface area (Å²) in [6, 6.07) is 0.224. The van der Waals surface area contributed by atoms with Crippen LogP contribution in [0.1, 0.15) is 43.6 Å². The lowest BCUT2D eigenvalue weighted by Gasteiger charge is -2.34. The molecule has 1 aliphatic carbocycles. The van der Waals surface area contributed by atoms with Crippen molar-refractivity contribution in [2.24, 2.45) is 0 Å². The van der Waals surface area contributed by atoms with Crippen molar-refractivity contribution in [2.75, 3.05) is 18.5 Å². The molecule has 1 saturated heterocycles. The second kappa shape index (κ2) is 12.6. The highest BCUT2D eigenvalue weighted by atomic mass is 35.5. The molecule has 0 aromatic carbocycles. The first-order valence-corrected chi connectivity index (χ1v) is 15.5. The maximum atomic E-state index is 12.9. The molecular formula is C21H29ClN13O8P. The van der Waals surface area contributed by atoms with E-state index in [-0.39, 0.29) is 35.2 Å². The topological polar surface area (TPSA) is 290 Å². The molecule has 4 aromatic heterocycles. The number of fused-ring (bicyclic) bond motifs is 1. The molecule has 0 radical (unpaired) electrons. The number of rotatable bonds is 13. The molecular weight excluding hydrogens is 629 g/mol. The molecule has 238 valence electrons. The molecule has 0 spiro atoms. The van der Waals surface area contributed by atoms with Crippen molar-refractivity contribution in [3.05, 3.63) is 23.1 Å². The summed E-state index contributed by atoms with van der Waals surface area (Å²) < 4.78 is 31.4. The lowest BCUT2D eigenvalue weighted by molar-refractivity contribution is -0.119. The van der Waals surface area contributed by atoms with Gasteiger partial charge in [-0.25, -0.2) is 4.68 Å². The van der Waals surface area contributed by atoms with E-state index in [2.05, 4.69) is 61.6 Å². The van der Waals surface area contributed by atoms with E-state index in [0.717, 1.165) is 25.7 Å². The molecule has 4 aromatic rings. The highest BCUT2D eigenvalue weighted by molar-refractivity contribution is 7.53. The minimum atomic E-state index is -5.16. The van der Waals surface area contributed by atoms with Crippen LogP contribution in [0.15, 0.2) is 6.20 Å². The van der Waals surface area contributed by atoms with Crippen molar-refractivity contribution >= 4 is 36.0 Å². The lowest BCUT2D eigenvalue weighted by atomic mass is 10.1. The Kier molecular flexibility index (Phi) is 8.81. The number of aromatic nitrogens is 12. The molecule has 0 amide bonds. The molecule has 1 aliphatic heterocycles. The van der Waals surface area contributed by atoms with E-state index in [1.807, 2.05) is 0 Å². The predicted molar refractivity (Wildman–Crippen MR) is 145 cm³/mol. The lowest BCUT2D eigenvalue weighted by Crippen LogP contribution is -2.44. The first-order valence-electron chi connectivity index (χ1n) is 13.5.